The summed E-state index contributed by atoms with van der Waals surface area (Å²) in [5.74, 6) is 0.338. The number of para-hydroxylation sites is 1. The molecule has 20 heavy (non-hydrogen) atoms. The van der Waals surface area contributed by atoms with Gasteiger partial charge in [-0.3, -0.25) is 9.79 Å². The van der Waals surface area contributed by atoms with Gasteiger partial charge in [0.15, 0.2) is 5.96 Å². The molecule has 2 rings (SSSR count). The Morgan fingerprint density at radius 1 is 1.40 bits per heavy atom. The van der Waals surface area contributed by atoms with E-state index in [1.807, 2.05) is 45.0 Å². The van der Waals surface area contributed by atoms with Crippen LogP contribution in [0.3, 0.4) is 0 Å². The van der Waals surface area contributed by atoms with Crippen LogP contribution < -0.4 is 16.4 Å². The van der Waals surface area contributed by atoms with Gasteiger partial charge in [-0.1, -0.05) is 18.2 Å². The quantitative estimate of drug-likeness (QED) is 0.581. The SMILES string of the molecule is CC(C)(C)NC(N)=NCCC1C(=O)Nc2ccccc21. The van der Waals surface area contributed by atoms with Gasteiger partial charge in [0.25, 0.3) is 0 Å². The first kappa shape index (κ1) is 14.4. The van der Waals surface area contributed by atoms with Crippen molar-refractivity contribution in [1.82, 2.24) is 5.32 Å². The van der Waals surface area contributed by atoms with Crippen molar-refractivity contribution in [2.75, 3.05) is 11.9 Å². The monoisotopic (exact) mass is 274 g/mol. The van der Waals surface area contributed by atoms with Crippen molar-refractivity contribution in [3.05, 3.63) is 29.8 Å². The fourth-order valence-electron chi connectivity index (χ4n) is 2.30. The third-order valence-electron chi connectivity index (χ3n) is 3.11. The molecule has 5 nitrogen and oxygen atoms in total. The maximum absolute atomic E-state index is 11.9. The van der Waals surface area contributed by atoms with E-state index in [9.17, 15) is 4.79 Å². The van der Waals surface area contributed by atoms with Crippen molar-refractivity contribution in [3.8, 4) is 0 Å². The second-order valence-electron chi connectivity index (χ2n) is 6.06. The van der Waals surface area contributed by atoms with Crippen molar-refractivity contribution in [3.63, 3.8) is 0 Å². The predicted octanol–water partition coefficient (Wildman–Crippen LogP) is 1.82. The molecule has 0 spiro atoms. The molecule has 1 amide bonds. The second kappa shape index (κ2) is 5.53. The molecule has 1 aliphatic rings. The molecular weight excluding hydrogens is 252 g/mol. The Labute approximate surface area is 119 Å². The number of rotatable bonds is 3. The number of nitrogens with one attached hydrogen (secondary N) is 2. The van der Waals surface area contributed by atoms with E-state index in [2.05, 4.69) is 15.6 Å². The third kappa shape index (κ3) is 3.50. The molecule has 0 saturated carbocycles. The number of hydrogen-bond acceptors (Lipinski definition) is 2. The van der Waals surface area contributed by atoms with Crippen LogP contribution in [-0.4, -0.2) is 24.0 Å². The first-order chi connectivity index (χ1) is 9.37. The number of guanidine groups is 1. The Kier molecular flexibility index (Phi) is 3.97. The molecule has 1 heterocycles. The molecule has 4 N–H and O–H groups in total. The van der Waals surface area contributed by atoms with Crippen LogP contribution >= 0.6 is 0 Å². The van der Waals surface area contributed by atoms with E-state index in [0.717, 1.165) is 11.3 Å². The molecule has 1 aromatic carbocycles. The van der Waals surface area contributed by atoms with Gasteiger partial charge in [0.1, 0.15) is 0 Å². The molecule has 108 valence electrons. The van der Waals surface area contributed by atoms with Crippen LogP contribution in [0.25, 0.3) is 0 Å². The Balaban J connectivity index is 1.95. The minimum atomic E-state index is -0.127. The van der Waals surface area contributed by atoms with E-state index >= 15 is 0 Å². The van der Waals surface area contributed by atoms with Gasteiger partial charge in [0, 0.05) is 17.8 Å². The van der Waals surface area contributed by atoms with Gasteiger partial charge in [-0.2, -0.15) is 0 Å². The molecule has 0 saturated heterocycles. The second-order valence-corrected chi connectivity index (χ2v) is 6.06. The van der Waals surface area contributed by atoms with Gasteiger partial charge in [-0.25, -0.2) is 0 Å². The molecule has 0 radical (unpaired) electrons. The molecule has 1 aromatic rings. The average Bonchev–Trinajstić information content (AvgIpc) is 2.64. The lowest BCUT2D eigenvalue weighted by Gasteiger charge is -2.21. The molecule has 1 unspecified atom stereocenters. The topological polar surface area (TPSA) is 79.5 Å². The van der Waals surface area contributed by atoms with Gasteiger partial charge < -0.3 is 16.4 Å². The minimum absolute atomic E-state index is 0.0451. The first-order valence-electron chi connectivity index (χ1n) is 6.85. The third-order valence-corrected chi connectivity index (χ3v) is 3.11. The number of carbonyl (C=O) groups excluding carboxylic acids is 1. The summed E-state index contributed by atoms with van der Waals surface area (Å²) in [5.41, 5.74) is 7.67. The van der Waals surface area contributed by atoms with Gasteiger partial charge >= 0.3 is 0 Å². The number of benzene rings is 1. The zero-order valence-corrected chi connectivity index (χ0v) is 12.2. The zero-order chi connectivity index (χ0) is 14.8. The number of aliphatic imine (C=N–C) groups is 1. The number of nitrogens with zero attached hydrogens (tertiary/aromatic N) is 1. The number of nitrogens with two attached hydrogens (primary N) is 1. The number of amides is 1. The van der Waals surface area contributed by atoms with E-state index < -0.39 is 0 Å². The lowest BCUT2D eigenvalue weighted by molar-refractivity contribution is -0.117. The maximum atomic E-state index is 11.9. The van der Waals surface area contributed by atoms with Crippen LogP contribution in [0, 0.1) is 0 Å². The molecule has 0 aromatic heterocycles. The molecule has 0 fully saturated rings. The Morgan fingerprint density at radius 2 is 2.10 bits per heavy atom. The van der Waals surface area contributed by atoms with Crippen LogP contribution in [0.4, 0.5) is 5.69 Å². The Bertz CT molecular complexity index is 531. The zero-order valence-electron chi connectivity index (χ0n) is 12.2. The Hall–Kier alpha value is -2.04. The van der Waals surface area contributed by atoms with Crippen LogP contribution in [0.1, 0.15) is 38.7 Å². The summed E-state index contributed by atoms with van der Waals surface area (Å²) in [6, 6.07) is 7.78. The van der Waals surface area contributed by atoms with Gasteiger partial charge in [-0.05, 0) is 38.8 Å². The van der Waals surface area contributed by atoms with Crippen molar-refractivity contribution < 1.29 is 4.79 Å². The van der Waals surface area contributed by atoms with Crippen molar-refractivity contribution in [2.45, 2.75) is 38.6 Å². The highest BCUT2D eigenvalue weighted by Gasteiger charge is 2.29. The van der Waals surface area contributed by atoms with Gasteiger partial charge in [-0.15, -0.1) is 0 Å². The summed E-state index contributed by atoms with van der Waals surface area (Å²) in [6.07, 6.45) is 0.662. The first-order valence-corrected chi connectivity index (χ1v) is 6.85. The van der Waals surface area contributed by atoms with E-state index in [-0.39, 0.29) is 17.4 Å². The number of fused-ring (bicyclic) bond motifs is 1. The highest BCUT2D eigenvalue weighted by molar-refractivity contribution is 6.02. The molecule has 1 aliphatic heterocycles. The Morgan fingerprint density at radius 3 is 2.80 bits per heavy atom. The smallest absolute Gasteiger partial charge is 0.232 e. The molecule has 0 aliphatic carbocycles. The van der Waals surface area contributed by atoms with Crippen LogP contribution in [0.15, 0.2) is 29.3 Å². The number of hydrogen-bond donors (Lipinski definition) is 3. The summed E-state index contributed by atoms with van der Waals surface area (Å²) in [7, 11) is 0. The molecule has 0 bridgehead atoms. The maximum Gasteiger partial charge on any atom is 0.232 e. The largest absolute Gasteiger partial charge is 0.370 e. The predicted molar refractivity (Wildman–Crippen MR) is 81.8 cm³/mol. The lowest BCUT2D eigenvalue weighted by Crippen LogP contribution is -2.45. The average molecular weight is 274 g/mol. The standard InChI is InChI=1S/C15H22N4O/c1-15(2,3)19-14(16)17-9-8-11-10-6-4-5-7-12(10)18-13(11)20/h4-7,11H,8-9H2,1-3H3,(H,18,20)(H3,16,17,19). The molecular formula is C15H22N4O. The van der Waals surface area contributed by atoms with E-state index in [4.69, 9.17) is 5.73 Å². The summed E-state index contributed by atoms with van der Waals surface area (Å²) < 4.78 is 0. The fourth-order valence-corrected chi connectivity index (χ4v) is 2.30. The number of carbonyl (C=O) groups is 1. The molecule has 1 atom stereocenters. The summed E-state index contributed by atoms with van der Waals surface area (Å²) in [4.78, 5) is 16.2. The molecule has 5 heteroatoms. The van der Waals surface area contributed by atoms with Crippen LogP contribution in [0.2, 0.25) is 0 Å². The highest BCUT2D eigenvalue weighted by Crippen LogP contribution is 2.34. The van der Waals surface area contributed by atoms with Crippen LogP contribution in [-0.2, 0) is 4.79 Å². The van der Waals surface area contributed by atoms with Crippen molar-refractivity contribution >= 4 is 17.6 Å². The summed E-state index contributed by atoms with van der Waals surface area (Å²) in [6.45, 7) is 6.60. The summed E-state index contributed by atoms with van der Waals surface area (Å²) >= 11 is 0. The minimum Gasteiger partial charge on any atom is -0.370 e. The van der Waals surface area contributed by atoms with Crippen molar-refractivity contribution in [1.29, 1.82) is 0 Å². The van der Waals surface area contributed by atoms with E-state index in [1.54, 1.807) is 0 Å². The lowest BCUT2D eigenvalue weighted by atomic mass is 9.97. The number of anilines is 1. The highest BCUT2D eigenvalue weighted by atomic mass is 16.2. The summed E-state index contributed by atoms with van der Waals surface area (Å²) in [5, 5.41) is 5.99. The van der Waals surface area contributed by atoms with Crippen LogP contribution in [0.5, 0.6) is 0 Å². The van der Waals surface area contributed by atoms with Gasteiger partial charge in [0.2, 0.25) is 5.91 Å². The normalized spacial score (nSPS) is 18.6. The fraction of sp³-hybridized carbons (Fsp3) is 0.467. The van der Waals surface area contributed by atoms with Gasteiger partial charge in [0.05, 0.1) is 5.92 Å². The van der Waals surface area contributed by atoms with E-state index in [0.29, 0.717) is 18.9 Å². The van der Waals surface area contributed by atoms with Crippen molar-refractivity contribution in [2.24, 2.45) is 10.7 Å². The van der Waals surface area contributed by atoms with E-state index in [1.165, 1.54) is 0 Å².